The van der Waals surface area contributed by atoms with Crippen LogP contribution < -0.4 is 15.8 Å². The van der Waals surface area contributed by atoms with Crippen molar-refractivity contribution in [3.8, 4) is 0 Å². The molecule has 1 fully saturated rings. The quantitative estimate of drug-likeness (QED) is 0.620. The zero-order valence-electron chi connectivity index (χ0n) is 17.8. The molecule has 1 aliphatic rings. The summed E-state index contributed by atoms with van der Waals surface area (Å²) in [5, 5.41) is 2.44. The predicted octanol–water partition coefficient (Wildman–Crippen LogP) is 1.76. The smallest absolute Gasteiger partial charge is 0.269 e. The molecule has 162 valence electrons. The van der Waals surface area contributed by atoms with Crippen molar-refractivity contribution in [2.75, 3.05) is 38.1 Å². The van der Waals surface area contributed by atoms with E-state index in [1.54, 1.807) is 13.0 Å². The van der Waals surface area contributed by atoms with Crippen LogP contribution in [0.4, 0.5) is 10.1 Å². The van der Waals surface area contributed by atoms with E-state index in [0.29, 0.717) is 30.9 Å². The van der Waals surface area contributed by atoms with Crippen LogP contribution in [-0.2, 0) is 6.54 Å². The number of H-pyrrole nitrogens is 1. The highest BCUT2D eigenvalue weighted by Crippen LogP contribution is 2.21. The van der Waals surface area contributed by atoms with Crippen LogP contribution in [0, 0.1) is 19.8 Å². The maximum atomic E-state index is 14.4. The molecule has 1 amide bonds. The molecule has 4 rings (SSSR count). The van der Waals surface area contributed by atoms with Crippen LogP contribution in [0.3, 0.4) is 0 Å². The molecule has 1 saturated heterocycles. The van der Waals surface area contributed by atoms with Crippen molar-refractivity contribution in [3.63, 3.8) is 0 Å². The first-order valence-electron chi connectivity index (χ1n) is 10.2. The summed E-state index contributed by atoms with van der Waals surface area (Å²) in [5.41, 5.74) is 4.55. The molecule has 9 heteroatoms. The molecule has 1 aliphatic heterocycles. The molecule has 2 N–H and O–H groups in total. The highest BCUT2D eigenvalue weighted by Gasteiger charge is 2.21. The molecule has 0 unspecified atom stereocenters. The van der Waals surface area contributed by atoms with Gasteiger partial charge in [0.2, 0.25) is 5.95 Å². The van der Waals surface area contributed by atoms with Gasteiger partial charge in [-0.05, 0) is 43.2 Å². The maximum Gasteiger partial charge on any atom is 0.269 e. The zero-order valence-corrected chi connectivity index (χ0v) is 17.8. The van der Waals surface area contributed by atoms with Crippen LogP contribution in [-0.4, -0.2) is 59.0 Å². The largest absolute Gasteiger partial charge is 0.365 e. The molecule has 31 heavy (non-hydrogen) atoms. The molecule has 8 nitrogen and oxygen atoms in total. The lowest BCUT2D eigenvalue weighted by Crippen LogP contribution is -2.46. The summed E-state index contributed by atoms with van der Waals surface area (Å²) in [6, 6.07) is 5.12. The first kappa shape index (κ1) is 20.9. The minimum Gasteiger partial charge on any atom is -0.365 e. The number of carbonyl (C=O) groups is 1. The number of piperazine rings is 1. The molecular formula is C22H25FN6O2. The normalized spacial score (nSPS) is 14.8. The SMILES string of the molecule is CNC(=O)c1ccc(N2CCN(Cc3cnc4c(C)c(C)c(=O)[nH]c4c3)CC2)c(F)n1. The number of pyridine rings is 3. The van der Waals surface area contributed by atoms with E-state index < -0.39 is 11.9 Å². The molecule has 3 aromatic heterocycles. The third-order valence-corrected chi connectivity index (χ3v) is 5.86. The Hall–Kier alpha value is -3.33. The fourth-order valence-electron chi connectivity index (χ4n) is 3.87. The van der Waals surface area contributed by atoms with Crippen LogP contribution in [0.2, 0.25) is 0 Å². The molecule has 0 aliphatic carbocycles. The number of anilines is 1. The zero-order chi connectivity index (χ0) is 22.1. The van der Waals surface area contributed by atoms with Gasteiger partial charge < -0.3 is 15.2 Å². The summed E-state index contributed by atoms with van der Waals surface area (Å²) < 4.78 is 14.4. The van der Waals surface area contributed by atoms with E-state index in [9.17, 15) is 14.0 Å². The number of hydrogen-bond acceptors (Lipinski definition) is 6. The number of nitrogens with zero attached hydrogens (tertiary/aromatic N) is 4. The number of nitrogens with one attached hydrogen (secondary N) is 2. The highest BCUT2D eigenvalue weighted by molar-refractivity contribution is 5.92. The van der Waals surface area contributed by atoms with Gasteiger partial charge in [-0.1, -0.05) is 0 Å². The van der Waals surface area contributed by atoms with Crippen molar-refractivity contribution in [2.45, 2.75) is 20.4 Å². The monoisotopic (exact) mass is 424 g/mol. The average Bonchev–Trinajstić information content (AvgIpc) is 2.77. The Bertz CT molecular complexity index is 1200. The van der Waals surface area contributed by atoms with E-state index in [2.05, 4.69) is 25.2 Å². The van der Waals surface area contributed by atoms with E-state index in [-0.39, 0.29) is 11.3 Å². The topological polar surface area (TPSA) is 94.2 Å². The minimum atomic E-state index is -0.636. The van der Waals surface area contributed by atoms with Gasteiger partial charge in [0.15, 0.2) is 0 Å². The van der Waals surface area contributed by atoms with E-state index in [1.165, 1.54) is 13.1 Å². The van der Waals surface area contributed by atoms with Crippen LogP contribution in [0.25, 0.3) is 11.0 Å². The van der Waals surface area contributed by atoms with E-state index in [1.807, 2.05) is 24.1 Å². The summed E-state index contributed by atoms with van der Waals surface area (Å²) in [7, 11) is 1.49. The molecule has 4 heterocycles. The van der Waals surface area contributed by atoms with Crippen molar-refractivity contribution in [2.24, 2.45) is 0 Å². The van der Waals surface area contributed by atoms with Crippen molar-refractivity contribution < 1.29 is 9.18 Å². The Labute approximate surface area is 179 Å². The van der Waals surface area contributed by atoms with Crippen molar-refractivity contribution >= 4 is 22.6 Å². The second-order valence-corrected chi connectivity index (χ2v) is 7.79. The van der Waals surface area contributed by atoms with Gasteiger partial charge in [0.05, 0.1) is 16.7 Å². The summed E-state index contributed by atoms with van der Waals surface area (Å²) in [6.07, 6.45) is 1.85. The van der Waals surface area contributed by atoms with Crippen molar-refractivity contribution in [1.29, 1.82) is 0 Å². The molecule has 0 bridgehead atoms. The number of aromatic nitrogens is 3. The third-order valence-electron chi connectivity index (χ3n) is 5.86. The summed E-state index contributed by atoms with van der Waals surface area (Å²) >= 11 is 0. The van der Waals surface area contributed by atoms with Crippen LogP contribution in [0.5, 0.6) is 0 Å². The van der Waals surface area contributed by atoms with E-state index in [0.717, 1.165) is 35.2 Å². The number of rotatable bonds is 4. The van der Waals surface area contributed by atoms with E-state index in [4.69, 9.17) is 0 Å². The Balaban J connectivity index is 1.43. The van der Waals surface area contributed by atoms with Crippen LogP contribution in [0.15, 0.2) is 29.2 Å². The van der Waals surface area contributed by atoms with E-state index >= 15 is 0 Å². The molecular weight excluding hydrogens is 399 g/mol. The standard InChI is InChI=1S/C22H25FN6O2/c1-13-14(2)21(30)27-17-10-15(11-25-19(13)17)12-28-6-8-29(9-7-28)18-5-4-16(22(31)24-3)26-20(18)23/h4-5,10-11H,6-9,12H2,1-3H3,(H,24,31)(H,27,30). The average molecular weight is 424 g/mol. The Morgan fingerprint density at radius 1 is 1.19 bits per heavy atom. The first-order valence-corrected chi connectivity index (χ1v) is 10.2. The van der Waals surface area contributed by atoms with Gasteiger partial charge in [0.25, 0.3) is 11.5 Å². The van der Waals surface area contributed by atoms with Gasteiger partial charge in [-0.15, -0.1) is 0 Å². The summed E-state index contributed by atoms with van der Waals surface area (Å²) in [6.45, 7) is 7.20. The lowest BCUT2D eigenvalue weighted by atomic mass is 10.1. The number of carbonyl (C=O) groups excluding carboxylic acids is 1. The number of fused-ring (bicyclic) bond motifs is 1. The molecule has 0 aromatic carbocycles. The summed E-state index contributed by atoms with van der Waals surface area (Å²) in [4.78, 5) is 39.1. The predicted molar refractivity (Wildman–Crippen MR) is 117 cm³/mol. The molecule has 0 spiro atoms. The first-order chi connectivity index (χ1) is 14.9. The Morgan fingerprint density at radius 3 is 2.61 bits per heavy atom. The number of hydrogen-bond donors (Lipinski definition) is 2. The van der Waals surface area contributed by atoms with Gasteiger partial charge in [-0.25, -0.2) is 4.98 Å². The number of amides is 1. The fraction of sp³-hybridized carbons (Fsp3) is 0.364. The fourth-order valence-corrected chi connectivity index (χ4v) is 3.87. The highest BCUT2D eigenvalue weighted by atomic mass is 19.1. The van der Waals surface area contributed by atoms with Crippen molar-refractivity contribution in [1.82, 2.24) is 25.2 Å². The third kappa shape index (κ3) is 4.13. The minimum absolute atomic E-state index is 0.0645. The van der Waals surface area contributed by atoms with Gasteiger partial charge in [-0.3, -0.25) is 19.5 Å². The van der Waals surface area contributed by atoms with Crippen LogP contribution in [0.1, 0.15) is 27.2 Å². The van der Waals surface area contributed by atoms with Gasteiger partial charge >= 0.3 is 0 Å². The molecule has 0 saturated carbocycles. The van der Waals surface area contributed by atoms with Crippen molar-refractivity contribution in [3.05, 3.63) is 63.1 Å². The maximum absolute atomic E-state index is 14.4. The van der Waals surface area contributed by atoms with Gasteiger partial charge in [0.1, 0.15) is 5.69 Å². The second kappa shape index (κ2) is 8.43. The lowest BCUT2D eigenvalue weighted by Gasteiger charge is -2.36. The Morgan fingerprint density at radius 2 is 1.94 bits per heavy atom. The second-order valence-electron chi connectivity index (χ2n) is 7.79. The molecule has 0 atom stereocenters. The lowest BCUT2D eigenvalue weighted by molar-refractivity contribution is 0.0957. The molecule has 3 aromatic rings. The van der Waals surface area contributed by atoms with Crippen LogP contribution >= 0.6 is 0 Å². The number of halogens is 1. The Kier molecular flexibility index (Phi) is 5.69. The number of aryl methyl sites for hydroxylation is 1. The number of aromatic amines is 1. The van der Waals surface area contributed by atoms with Gasteiger partial charge in [0, 0.05) is 51.5 Å². The molecule has 0 radical (unpaired) electrons. The summed E-state index contributed by atoms with van der Waals surface area (Å²) in [5.74, 6) is -1.05. The van der Waals surface area contributed by atoms with Gasteiger partial charge in [-0.2, -0.15) is 4.39 Å².